The van der Waals surface area contributed by atoms with Crippen LogP contribution >= 0.6 is 0 Å². The molecule has 1 heterocycles. The van der Waals surface area contributed by atoms with Crippen molar-refractivity contribution >= 4 is 0 Å². The fourth-order valence-electron chi connectivity index (χ4n) is 2.11. The molecule has 19 heavy (non-hydrogen) atoms. The van der Waals surface area contributed by atoms with E-state index in [9.17, 15) is 4.39 Å². The molecule has 2 rings (SSSR count). The van der Waals surface area contributed by atoms with Gasteiger partial charge in [-0.1, -0.05) is 6.92 Å². The minimum absolute atomic E-state index is 0.0919. The van der Waals surface area contributed by atoms with Gasteiger partial charge in [-0.3, -0.25) is 0 Å². The van der Waals surface area contributed by atoms with Crippen LogP contribution in [0.1, 0.15) is 37.4 Å². The second-order valence-electron chi connectivity index (χ2n) is 4.79. The molecule has 0 radical (unpaired) electrons. The summed E-state index contributed by atoms with van der Waals surface area (Å²) in [5, 5.41) is 7.64. The van der Waals surface area contributed by atoms with E-state index in [0.717, 1.165) is 24.2 Å². The van der Waals surface area contributed by atoms with Gasteiger partial charge in [0.25, 0.3) is 0 Å². The lowest BCUT2D eigenvalue weighted by Gasteiger charge is -2.19. The summed E-state index contributed by atoms with van der Waals surface area (Å²) in [6.45, 7) is 6.85. The highest BCUT2D eigenvalue weighted by Crippen LogP contribution is 2.24. The van der Waals surface area contributed by atoms with Gasteiger partial charge in [0.05, 0.1) is 5.69 Å². The van der Waals surface area contributed by atoms with Crippen LogP contribution in [0.15, 0.2) is 30.6 Å². The van der Waals surface area contributed by atoms with E-state index in [1.165, 1.54) is 0 Å². The molecule has 0 spiro atoms. The average molecular weight is 261 g/mol. The van der Waals surface area contributed by atoms with Crippen molar-refractivity contribution < 1.29 is 4.39 Å². The molecule has 0 saturated carbocycles. The molecular weight excluding hydrogens is 241 g/mol. The topological polar surface area (TPSA) is 29.9 Å². The van der Waals surface area contributed by atoms with Crippen molar-refractivity contribution in [3.63, 3.8) is 0 Å². The highest BCUT2D eigenvalue weighted by atomic mass is 19.1. The van der Waals surface area contributed by atoms with Crippen LogP contribution in [0, 0.1) is 12.7 Å². The molecule has 1 unspecified atom stereocenters. The summed E-state index contributed by atoms with van der Waals surface area (Å²) in [6.07, 6.45) is 4.66. The summed E-state index contributed by atoms with van der Waals surface area (Å²) in [5.41, 5.74) is 2.50. The summed E-state index contributed by atoms with van der Waals surface area (Å²) in [7, 11) is 0. The lowest BCUT2D eigenvalue weighted by atomic mass is 10.0. The summed E-state index contributed by atoms with van der Waals surface area (Å²) >= 11 is 0. The lowest BCUT2D eigenvalue weighted by molar-refractivity contribution is 0.556. The molecule has 1 aromatic carbocycles. The molecule has 0 aliphatic rings. The van der Waals surface area contributed by atoms with E-state index in [-0.39, 0.29) is 11.9 Å². The normalized spacial score (nSPS) is 12.6. The molecule has 0 aliphatic heterocycles. The van der Waals surface area contributed by atoms with Gasteiger partial charge in [0.2, 0.25) is 0 Å². The number of aryl methyl sites for hydroxylation is 1. The SMILES string of the molecule is CCCNC(C)c1cc(F)c(C)cc1-n1cccn1. The van der Waals surface area contributed by atoms with Crippen molar-refractivity contribution in [3.8, 4) is 5.69 Å². The van der Waals surface area contributed by atoms with Crippen LogP contribution in [0.5, 0.6) is 0 Å². The molecule has 3 nitrogen and oxygen atoms in total. The Hall–Kier alpha value is -1.68. The zero-order valence-electron chi connectivity index (χ0n) is 11.7. The number of hydrogen-bond acceptors (Lipinski definition) is 2. The van der Waals surface area contributed by atoms with Crippen LogP contribution in [0.3, 0.4) is 0 Å². The first-order chi connectivity index (χ1) is 9.13. The molecule has 4 heteroatoms. The summed E-state index contributed by atoms with van der Waals surface area (Å²) < 4.78 is 15.6. The van der Waals surface area contributed by atoms with Crippen LogP contribution in [0.2, 0.25) is 0 Å². The van der Waals surface area contributed by atoms with Crippen LogP contribution in [-0.4, -0.2) is 16.3 Å². The Bertz CT molecular complexity index is 535. The number of halogens is 1. The maximum Gasteiger partial charge on any atom is 0.126 e. The van der Waals surface area contributed by atoms with E-state index in [2.05, 4.69) is 17.3 Å². The van der Waals surface area contributed by atoms with Gasteiger partial charge in [0, 0.05) is 18.4 Å². The minimum atomic E-state index is -0.170. The Morgan fingerprint density at radius 3 is 2.84 bits per heavy atom. The number of benzene rings is 1. The molecule has 0 aliphatic carbocycles. The summed E-state index contributed by atoms with van der Waals surface area (Å²) in [4.78, 5) is 0. The van der Waals surface area contributed by atoms with Gasteiger partial charge in [-0.25, -0.2) is 9.07 Å². The number of hydrogen-bond donors (Lipinski definition) is 1. The molecule has 102 valence electrons. The van der Waals surface area contributed by atoms with Crippen molar-refractivity contribution in [2.75, 3.05) is 6.54 Å². The zero-order valence-corrected chi connectivity index (χ0v) is 11.7. The van der Waals surface area contributed by atoms with Crippen molar-refractivity contribution in [3.05, 3.63) is 47.5 Å². The third-order valence-corrected chi connectivity index (χ3v) is 3.23. The van der Waals surface area contributed by atoms with E-state index >= 15 is 0 Å². The first-order valence-electron chi connectivity index (χ1n) is 6.67. The van der Waals surface area contributed by atoms with Crippen LogP contribution in [0.25, 0.3) is 5.69 Å². The largest absolute Gasteiger partial charge is 0.310 e. The fourth-order valence-corrected chi connectivity index (χ4v) is 2.11. The van der Waals surface area contributed by atoms with Crippen molar-refractivity contribution in [2.24, 2.45) is 0 Å². The van der Waals surface area contributed by atoms with E-state index in [4.69, 9.17) is 0 Å². The maximum absolute atomic E-state index is 13.8. The molecule has 0 saturated heterocycles. The van der Waals surface area contributed by atoms with Gasteiger partial charge < -0.3 is 5.32 Å². The van der Waals surface area contributed by atoms with Gasteiger partial charge in [-0.2, -0.15) is 5.10 Å². The van der Waals surface area contributed by atoms with Gasteiger partial charge in [-0.15, -0.1) is 0 Å². The van der Waals surface area contributed by atoms with Gasteiger partial charge >= 0.3 is 0 Å². The molecule has 0 fully saturated rings. The molecule has 1 aromatic heterocycles. The predicted octanol–water partition coefficient (Wildman–Crippen LogP) is 3.38. The number of aromatic nitrogens is 2. The van der Waals surface area contributed by atoms with Gasteiger partial charge in [0.15, 0.2) is 0 Å². The molecule has 0 amide bonds. The lowest BCUT2D eigenvalue weighted by Crippen LogP contribution is -2.21. The third-order valence-electron chi connectivity index (χ3n) is 3.23. The van der Waals surface area contributed by atoms with Crippen molar-refractivity contribution in [1.29, 1.82) is 0 Å². The highest BCUT2D eigenvalue weighted by Gasteiger charge is 2.14. The molecular formula is C15H20FN3. The average Bonchev–Trinajstić information content (AvgIpc) is 2.92. The highest BCUT2D eigenvalue weighted by molar-refractivity contribution is 5.45. The summed E-state index contributed by atoms with van der Waals surface area (Å²) in [5.74, 6) is -0.170. The van der Waals surface area contributed by atoms with E-state index in [0.29, 0.717) is 5.56 Å². The zero-order chi connectivity index (χ0) is 13.8. The molecule has 1 N–H and O–H groups in total. The minimum Gasteiger partial charge on any atom is -0.310 e. The number of rotatable bonds is 5. The van der Waals surface area contributed by atoms with Gasteiger partial charge in [0.1, 0.15) is 5.82 Å². The smallest absolute Gasteiger partial charge is 0.126 e. The second-order valence-corrected chi connectivity index (χ2v) is 4.79. The first-order valence-corrected chi connectivity index (χ1v) is 6.67. The standard InChI is InChI=1S/C15H20FN3/c1-4-6-17-12(3)13-10-14(16)11(2)9-15(13)19-8-5-7-18-19/h5,7-10,12,17H,4,6H2,1-3H3. The van der Waals surface area contributed by atoms with Crippen LogP contribution < -0.4 is 5.32 Å². The molecule has 0 bridgehead atoms. The summed E-state index contributed by atoms with van der Waals surface area (Å²) in [6, 6.07) is 5.42. The Labute approximate surface area is 113 Å². The number of nitrogens with one attached hydrogen (secondary N) is 1. The Kier molecular flexibility index (Phi) is 4.32. The monoisotopic (exact) mass is 261 g/mol. The van der Waals surface area contributed by atoms with E-state index in [1.807, 2.05) is 25.3 Å². The Balaban J connectivity index is 2.43. The van der Waals surface area contributed by atoms with Crippen molar-refractivity contribution in [1.82, 2.24) is 15.1 Å². The molecule has 1 atom stereocenters. The first kappa shape index (κ1) is 13.7. The maximum atomic E-state index is 13.8. The Morgan fingerprint density at radius 1 is 1.42 bits per heavy atom. The Morgan fingerprint density at radius 2 is 2.21 bits per heavy atom. The molecule has 2 aromatic rings. The van der Waals surface area contributed by atoms with Gasteiger partial charge in [-0.05, 0) is 56.1 Å². The third kappa shape index (κ3) is 3.01. The quantitative estimate of drug-likeness (QED) is 0.894. The number of nitrogens with zero attached hydrogens (tertiary/aromatic N) is 2. The van der Waals surface area contributed by atoms with Crippen molar-refractivity contribution in [2.45, 2.75) is 33.2 Å². The van der Waals surface area contributed by atoms with E-state index in [1.54, 1.807) is 23.9 Å². The second kappa shape index (κ2) is 5.97. The van der Waals surface area contributed by atoms with E-state index < -0.39 is 0 Å². The fraction of sp³-hybridized carbons (Fsp3) is 0.400. The van der Waals surface area contributed by atoms with Crippen LogP contribution in [-0.2, 0) is 0 Å². The van der Waals surface area contributed by atoms with Crippen LogP contribution in [0.4, 0.5) is 4.39 Å². The predicted molar refractivity (Wildman–Crippen MR) is 75.0 cm³/mol.